The number of rotatable bonds is 3. The second-order valence-electron chi connectivity index (χ2n) is 6.55. The van der Waals surface area contributed by atoms with Gasteiger partial charge in [-0.2, -0.15) is 0 Å². The molecule has 4 nitrogen and oxygen atoms in total. The van der Waals surface area contributed by atoms with Crippen LogP contribution in [-0.2, 0) is 0 Å². The van der Waals surface area contributed by atoms with Gasteiger partial charge in [-0.1, -0.05) is 35.3 Å². The normalized spacial score (nSPS) is 18.0. The van der Waals surface area contributed by atoms with E-state index in [1.54, 1.807) is 0 Å². The molecular weight excluding hydrogens is 355 g/mol. The van der Waals surface area contributed by atoms with E-state index in [2.05, 4.69) is 50.3 Å². The van der Waals surface area contributed by atoms with E-state index >= 15 is 0 Å². The first kappa shape index (κ1) is 16.8. The van der Waals surface area contributed by atoms with Crippen molar-refractivity contribution in [3.05, 3.63) is 52.5 Å². The molecule has 25 heavy (non-hydrogen) atoms. The fourth-order valence-corrected chi connectivity index (χ4v) is 3.85. The van der Waals surface area contributed by atoms with Crippen LogP contribution in [0, 0.1) is 0 Å². The van der Waals surface area contributed by atoms with Crippen molar-refractivity contribution in [2.75, 3.05) is 61.1 Å². The Hall–Kier alpha value is -1.62. The van der Waals surface area contributed by atoms with Crippen LogP contribution in [0.3, 0.4) is 0 Å². The van der Waals surface area contributed by atoms with Crippen molar-refractivity contribution < 1.29 is 0 Å². The maximum absolute atomic E-state index is 6.16. The summed E-state index contributed by atoms with van der Waals surface area (Å²) in [5.41, 5.74) is 3.70. The van der Waals surface area contributed by atoms with Gasteiger partial charge in [0.1, 0.15) is 0 Å². The summed E-state index contributed by atoms with van der Waals surface area (Å²) in [6.07, 6.45) is 0. The second-order valence-corrected chi connectivity index (χ2v) is 7.37. The highest BCUT2D eigenvalue weighted by Gasteiger charge is 2.22. The van der Waals surface area contributed by atoms with Crippen LogP contribution in [0.1, 0.15) is 0 Å². The lowest BCUT2D eigenvalue weighted by atomic mass is 10.2. The first-order chi connectivity index (χ1) is 12.2. The summed E-state index contributed by atoms with van der Waals surface area (Å²) < 4.78 is 0. The Morgan fingerprint density at radius 1 is 0.880 bits per heavy atom. The van der Waals surface area contributed by atoms with Crippen LogP contribution >= 0.6 is 23.2 Å². The molecule has 1 fully saturated rings. The highest BCUT2D eigenvalue weighted by atomic mass is 35.5. The molecule has 2 aliphatic heterocycles. The lowest BCUT2D eigenvalue weighted by Crippen LogP contribution is -2.51. The number of hydrogen-bond acceptors (Lipinski definition) is 4. The zero-order valence-electron chi connectivity index (χ0n) is 14.1. The molecule has 2 aromatic rings. The van der Waals surface area contributed by atoms with E-state index in [1.807, 2.05) is 12.1 Å². The molecule has 6 heteroatoms. The third-order valence-corrected chi connectivity index (χ3v) is 5.69. The van der Waals surface area contributed by atoms with E-state index in [0.717, 1.165) is 51.6 Å². The van der Waals surface area contributed by atoms with Crippen molar-refractivity contribution in [2.45, 2.75) is 0 Å². The number of nitrogens with one attached hydrogen (secondary N) is 1. The molecule has 4 rings (SSSR count). The van der Waals surface area contributed by atoms with Crippen molar-refractivity contribution in [1.82, 2.24) is 4.90 Å². The third kappa shape index (κ3) is 3.66. The van der Waals surface area contributed by atoms with Crippen molar-refractivity contribution in [3.8, 4) is 0 Å². The molecule has 132 valence electrons. The molecule has 2 heterocycles. The van der Waals surface area contributed by atoms with Gasteiger partial charge >= 0.3 is 0 Å². The summed E-state index contributed by atoms with van der Waals surface area (Å²) in [5, 5.41) is 4.71. The van der Waals surface area contributed by atoms with Crippen molar-refractivity contribution >= 4 is 40.3 Å². The molecule has 0 bridgehead atoms. The highest BCUT2D eigenvalue weighted by molar-refractivity contribution is 6.42. The lowest BCUT2D eigenvalue weighted by molar-refractivity contribution is 0.257. The highest BCUT2D eigenvalue weighted by Crippen LogP contribution is 2.30. The minimum Gasteiger partial charge on any atom is -0.382 e. The smallest absolute Gasteiger partial charge is 0.0709 e. The van der Waals surface area contributed by atoms with Gasteiger partial charge in [-0.25, -0.2) is 0 Å². The SMILES string of the molecule is Clc1ccc(N2CCN(CN3CCNc4ccccc43)CC2)cc1Cl. The molecule has 0 amide bonds. The first-order valence-electron chi connectivity index (χ1n) is 8.71. The predicted molar refractivity (Wildman–Crippen MR) is 107 cm³/mol. The van der Waals surface area contributed by atoms with Crippen LogP contribution in [0.25, 0.3) is 0 Å². The molecule has 0 spiro atoms. The van der Waals surface area contributed by atoms with Crippen molar-refractivity contribution in [2.24, 2.45) is 0 Å². The number of anilines is 3. The van der Waals surface area contributed by atoms with Gasteiger partial charge in [0, 0.05) is 45.0 Å². The van der Waals surface area contributed by atoms with Gasteiger partial charge in [0.05, 0.1) is 28.1 Å². The van der Waals surface area contributed by atoms with E-state index in [9.17, 15) is 0 Å². The lowest BCUT2D eigenvalue weighted by Gasteiger charge is -2.40. The number of nitrogens with zero attached hydrogens (tertiary/aromatic N) is 3. The molecule has 0 radical (unpaired) electrons. The summed E-state index contributed by atoms with van der Waals surface area (Å²) in [5.74, 6) is 0. The van der Waals surface area contributed by atoms with E-state index in [4.69, 9.17) is 23.2 Å². The van der Waals surface area contributed by atoms with E-state index in [0.29, 0.717) is 10.0 Å². The minimum absolute atomic E-state index is 0.612. The van der Waals surface area contributed by atoms with E-state index in [1.165, 1.54) is 11.4 Å². The summed E-state index contributed by atoms with van der Waals surface area (Å²) in [7, 11) is 0. The summed E-state index contributed by atoms with van der Waals surface area (Å²) in [6, 6.07) is 14.5. The Morgan fingerprint density at radius 2 is 1.68 bits per heavy atom. The maximum atomic E-state index is 6.16. The quantitative estimate of drug-likeness (QED) is 0.873. The van der Waals surface area contributed by atoms with Gasteiger partial charge in [0.2, 0.25) is 0 Å². The Bertz CT molecular complexity index is 744. The molecule has 2 aliphatic rings. The average Bonchev–Trinajstić information content (AvgIpc) is 2.65. The third-order valence-electron chi connectivity index (χ3n) is 4.95. The molecule has 1 N–H and O–H groups in total. The predicted octanol–water partition coefficient (Wildman–Crippen LogP) is 4.01. The van der Waals surface area contributed by atoms with E-state index in [-0.39, 0.29) is 0 Å². The Kier molecular flexibility index (Phi) is 4.93. The van der Waals surface area contributed by atoms with Crippen LogP contribution < -0.4 is 15.1 Å². The van der Waals surface area contributed by atoms with Crippen molar-refractivity contribution in [3.63, 3.8) is 0 Å². The molecule has 0 aromatic heterocycles. The molecule has 2 aromatic carbocycles. The molecule has 0 aliphatic carbocycles. The van der Waals surface area contributed by atoms with Gasteiger partial charge in [0.25, 0.3) is 0 Å². The number of benzene rings is 2. The number of piperazine rings is 1. The molecule has 0 unspecified atom stereocenters. The topological polar surface area (TPSA) is 21.8 Å². The monoisotopic (exact) mass is 376 g/mol. The number of halogens is 2. The van der Waals surface area contributed by atoms with Gasteiger partial charge in [-0.15, -0.1) is 0 Å². The zero-order chi connectivity index (χ0) is 17.2. The van der Waals surface area contributed by atoms with Gasteiger partial charge in [0.15, 0.2) is 0 Å². The molecule has 1 saturated heterocycles. The van der Waals surface area contributed by atoms with Crippen LogP contribution in [0.5, 0.6) is 0 Å². The van der Waals surface area contributed by atoms with Crippen LogP contribution in [0.4, 0.5) is 17.1 Å². The Balaban J connectivity index is 1.37. The average molecular weight is 377 g/mol. The van der Waals surface area contributed by atoms with Crippen molar-refractivity contribution in [1.29, 1.82) is 0 Å². The second kappa shape index (κ2) is 7.32. The summed E-state index contributed by atoms with van der Waals surface area (Å²) in [6.45, 7) is 7.13. The first-order valence-corrected chi connectivity index (χ1v) is 9.46. The minimum atomic E-state index is 0.612. The van der Waals surface area contributed by atoms with E-state index < -0.39 is 0 Å². The zero-order valence-corrected chi connectivity index (χ0v) is 15.6. The van der Waals surface area contributed by atoms with Gasteiger partial charge < -0.3 is 15.1 Å². The Morgan fingerprint density at radius 3 is 2.48 bits per heavy atom. The fourth-order valence-electron chi connectivity index (χ4n) is 3.56. The molecular formula is C19H22Cl2N4. The summed E-state index contributed by atoms with van der Waals surface area (Å²) >= 11 is 12.2. The van der Waals surface area contributed by atoms with Crippen LogP contribution in [0.2, 0.25) is 10.0 Å². The van der Waals surface area contributed by atoms with Crippen LogP contribution in [0.15, 0.2) is 42.5 Å². The fraction of sp³-hybridized carbons (Fsp3) is 0.368. The number of hydrogen-bond donors (Lipinski definition) is 1. The van der Waals surface area contributed by atoms with Gasteiger partial charge in [-0.3, -0.25) is 4.90 Å². The molecule has 0 atom stereocenters. The number of fused-ring (bicyclic) bond motifs is 1. The maximum Gasteiger partial charge on any atom is 0.0709 e. The van der Waals surface area contributed by atoms with Gasteiger partial charge in [-0.05, 0) is 30.3 Å². The summed E-state index contributed by atoms with van der Waals surface area (Å²) in [4.78, 5) is 7.38. The Labute approximate surface area is 158 Å². The standard InChI is InChI=1S/C19H22Cl2N4/c20-16-6-5-15(13-17(16)21)24-11-9-23(10-12-24)14-25-8-7-22-18-3-1-2-4-19(18)25/h1-6,13,22H,7-12,14H2. The molecule has 0 saturated carbocycles. The van der Waals surface area contributed by atoms with Crippen LogP contribution in [-0.4, -0.2) is 50.8 Å². The largest absolute Gasteiger partial charge is 0.382 e. The number of para-hydroxylation sites is 2.